The summed E-state index contributed by atoms with van der Waals surface area (Å²) in [6.07, 6.45) is -4.06. The molecule has 6 N–H and O–H groups in total. The smallest absolute Gasteiger partial charge is 0.326 e. The Labute approximate surface area is 131 Å². The highest BCUT2D eigenvalue weighted by Crippen LogP contribution is 2.33. The lowest BCUT2D eigenvalue weighted by atomic mass is 10.0. The SMILES string of the molecule is NCc1ccc(C2C=C(CC(F)(F)F)N(CCNN)N2)c(F)c1. The molecule has 0 spiro atoms. The summed E-state index contributed by atoms with van der Waals surface area (Å²) < 4.78 is 52.2. The highest BCUT2D eigenvalue weighted by molar-refractivity contribution is 5.32. The zero-order chi connectivity index (χ0) is 17.0. The number of alkyl halides is 3. The van der Waals surface area contributed by atoms with Gasteiger partial charge in [0.1, 0.15) is 5.82 Å². The van der Waals surface area contributed by atoms with Crippen LogP contribution >= 0.6 is 0 Å². The van der Waals surface area contributed by atoms with Gasteiger partial charge >= 0.3 is 6.18 Å². The second kappa shape index (κ2) is 7.26. The van der Waals surface area contributed by atoms with Crippen LogP contribution in [0.2, 0.25) is 0 Å². The maximum Gasteiger partial charge on any atom is 0.394 e. The molecule has 0 aliphatic carbocycles. The fourth-order valence-corrected chi connectivity index (χ4v) is 2.42. The van der Waals surface area contributed by atoms with E-state index >= 15 is 0 Å². The Morgan fingerprint density at radius 3 is 2.61 bits per heavy atom. The molecule has 23 heavy (non-hydrogen) atoms. The van der Waals surface area contributed by atoms with Crippen LogP contribution in [0.3, 0.4) is 0 Å². The van der Waals surface area contributed by atoms with Crippen molar-refractivity contribution in [1.82, 2.24) is 15.9 Å². The van der Waals surface area contributed by atoms with E-state index in [9.17, 15) is 17.6 Å². The highest BCUT2D eigenvalue weighted by atomic mass is 19.4. The van der Waals surface area contributed by atoms with E-state index in [0.717, 1.165) is 0 Å². The molecule has 1 aromatic rings. The highest BCUT2D eigenvalue weighted by Gasteiger charge is 2.35. The number of allylic oxidation sites excluding steroid dienone is 1. The number of nitrogens with two attached hydrogens (primary N) is 2. The fraction of sp³-hybridized carbons (Fsp3) is 0.429. The topological polar surface area (TPSA) is 79.3 Å². The minimum atomic E-state index is -4.35. The molecule has 1 atom stereocenters. The molecule has 1 aliphatic heterocycles. The lowest BCUT2D eigenvalue weighted by molar-refractivity contribution is -0.130. The van der Waals surface area contributed by atoms with Crippen molar-refractivity contribution >= 4 is 0 Å². The first-order valence-electron chi connectivity index (χ1n) is 7.07. The molecule has 0 radical (unpaired) electrons. The van der Waals surface area contributed by atoms with E-state index in [0.29, 0.717) is 5.56 Å². The van der Waals surface area contributed by atoms with Crippen LogP contribution in [0.4, 0.5) is 17.6 Å². The number of halogens is 4. The monoisotopic (exact) mass is 333 g/mol. The van der Waals surface area contributed by atoms with Gasteiger partial charge in [0.15, 0.2) is 0 Å². The van der Waals surface area contributed by atoms with Crippen LogP contribution in [0.15, 0.2) is 30.0 Å². The Hall–Kier alpha value is -1.68. The predicted molar refractivity (Wildman–Crippen MR) is 77.8 cm³/mol. The lowest BCUT2D eigenvalue weighted by Gasteiger charge is -2.24. The van der Waals surface area contributed by atoms with E-state index in [-0.39, 0.29) is 30.9 Å². The van der Waals surface area contributed by atoms with Crippen LogP contribution in [0.1, 0.15) is 23.6 Å². The number of nitrogens with zero attached hydrogens (tertiary/aromatic N) is 1. The van der Waals surface area contributed by atoms with Crippen LogP contribution in [0.5, 0.6) is 0 Å². The molecule has 1 heterocycles. The number of hydrogen-bond acceptors (Lipinski definition) is 5. The maximum absolute atomic E-state index is 14.1. The average molecular weight is 333 g/mol. The molecule has 0 fully saturated rings. The van der Waals surface area contributed by atoms with Gasteiger partial charge in [-0.05, 0) is 17.7 Å². The third-order valence-corrected chi connectivity index (χ3v) is 3.50. The molecule has 0 bridgehead atoms. The summed E-state index contributed by atoms with van der Waals surface area (Å²) in [4.78, 5) is 0. The van der Waals surface area contributed by atoms with Crippen LogP contribution < -0.4 is 22.4 Å². The molecule has 1 aromatic carbocycles. The van der Waals surface area contributed by atoms with Gasteiger partial charge in [0, 0.05) is 30.9 Å². The van der Waals surface area contributed by atoms with E-state index in [1.807, 2.05) is 0 Å². The quantitative estimate of drug-likeness (QED) is 0.360. The van der Waals surface area contributed by atoms with Crippen LogP contribution in [-0.2, 0) is 6.54 Å². The van der Waals surface area contributed by atoms with Crippen molar-refractivity contribution in [3.63, 3.8) is 0 Å². The minimum Gasteiger partial charge on any atom is -0.326 e. The van der Waals surface area contributed by atoms with Gasteiger partial charge in [-0.25, -0.2) is 9.82 Å². The van der Waals surface area contributed by atoms with Gasteiger partial charge in [0.05, 0.1) is 12.5 Å². The molecular weight excluding hydrogens is 314 g/mol. The van der Waals surface area contributed by atoms with Crippen LogP contribution in [-0.4, -0.2) is 24.3 Å². The number of hydrazine groups is 2. The third-order valence-electron chi connectivity index (χ3n) is 3.50. The Balaban J connectivity index is 2.22. The van der Waals surface area contributed by atoms with E-state index < -0.39 is 24.5 Å². The molecule has 0 aromatic heterocycles. The maximum atomic E-state index is 14.1. The molecule has 128 valence electrons. The van der Waals surface area contributed by atoms with E-state index in [2.05, 4.69) is 10.9 Å². The van der Waals surface area contributed by atoms with Crippen molar-refractivity contribution in [3.8, 4) is 0 Å². The molecule has 2 rings (SSSR count). The zero-order valence-corrected chi connectivity index (χ0v) is 12.3. The summed E-state index contributed by atoms with van der Waals surface area (Å²) in [6, 6.07) is 3.80. The van der Waals surface area contributed by atoms with E-state index in [1.165, 1.54) is 23.2 Å². The molecule has 9 heteroatoms. The van der Waals surface area contributed by atoms with Crippen molar-refractivity contribution in [3.05, 3.63) is 46.9 Å². The summed E-state index contributed by atoms with van der Waals surface area (Å²) in [5.74, 6) is 4.66. The molecule has 5 nitrogen and oxygen atoms in total. The average Bonchev–Trinajstić information content (AvgIpc) is 2.85. The summed E-state index contributed by atoms with van der Waals surface area (Å²) in [5, 5.41) is 1.34. The lowest BCUT2D eigenvalue weighted by Crippen LogP contribution is -2.41. The van der Waals surface area contributed by atoms with E-state index in [1.54, 1.807) is 6.07 Å². The van der Waals surface area contributed by atoms with Gasteiger partial charge in [-0.1, -0.05) is 12.1 Å². The standard InChI is InChI=1S/C14H19F4N5/c15-12-5-9(8-19)1-2-11(12)13-6-10(7-14(16,17)18)23(22-13)4-3-21-20/h1-2,5-6,13,21-22H,3-4,7-8,19-20H2. The summed E-state index contributed by atoms with van der Waals surface area (Å²) in [6.45, 7) is 0.694. The first kappa shape index (κ1) is 17.7. The molecule has 1 aliphatic rings. The fourth-order valence-electron chi connectivity index (χ4n) is 2.42. The molecule has 0 amide bonds. The predicted octanol–water partition coefficient (Wildman–Crippen LogP) is 1.45. The van der Waals surface area contributed by atoms with Gasteiger partial charge in [-0.2, -0.15) is 13.2 Å². The normalized spacial score (nSPS) is 18.4. The number of benzene rings is 1. The van der Waals surface area contributed by atoms with Crippen LogP contribution in [0.25, 0.3) is 0 Å². The van der Waals surface area contributed by atoms with Gasteiger partial charge in [0.25, 0.3) is 0 Å². The molecular formula is C14H19F4N5. The largest absolute Gasteiger partial charge is 0.394 e. The van der Waals surface area contributed by atoms with Crippen molar-refractivity contribution in [2.75, 3.05) is 13.1 Å². The molecule has 0 saturated heterocycles. The third kappa shape index (κ3) is 4.64. The van der Waals surface area contributed by atoms with Gasteiger partial charge < -0.3 is 10.7 Å². The van der Waals surface area contributed by atoms with Crippen molar-refractivity contribution in [2.24, 2.45) is 11.6 Å². The number of nitrogens with one attached hydrogen (secondary N) is 2. The van der Waals surface area contributed by atoms with Crippen molar-refractivity contribution in [2.45, 2.75) is 25.2 Å². The Kier molecular flexibility index (Phi) is 5.58. The summed E-state index contributed by atoms with van der Waals surface area (Å²) >= 11 is 0. The van der Waals surface area contributed by atoms with Gasteiger partial charge in [0.2, 0.25) is 0 Å². The van der Waals surface area contributed by atoms with Gasteiger partial charge in [-0.15, -0.1) is 0 Å². The van der Waals surface area contributed by atoms with Gasteiger partial charge in [-0.3, -0.25) is 11.3 Å². The summed E-state index contributed by atoms with van der Waals surface area (Å²) in [7, 11) is 0. The van der Waals surface area contributed by atoms with E-state index in [4.69, 9.17) is 11.6 Å². The van der Waals surface area contributed by atoms with Crippen molar-refractivity contribution < 1.29 is 17.6 Å². The molecule has 0 saturated carbocycles. The Morgan fingerprint density at radius 1 is 1.30 bits per heavy atom. The van der Waals surface area contributed by atoms with Crippen LogP contribution in [0, 0.1) is 5.82 Å². The number of rotatable bonds is 6. The minimum absolute atomic E-state index is 0.0417. The second-order valence-electron chi connectivity index (χ2n) is 5.22. The first-order chi connectivity index (χ1) is 10.8. The first-order valence-corrected chi connectivity index (χ1v) is 7.07. The summed E-state index contributed by atoms with van der Waals surface area (Å²) in [5.41, 5.74) is 11.6. The second-order valence-corrected chi connectivity index (χ2v) is 5.22. The number of hydrogen-bond donors (Lipinski definition) is 4. The Bertz CT molecular complexity index is 573. The Morgan fingerprint density at radius 2 is 2.04 bits per heavy atom. The van der Waals surface area contributed by atoms with Crippen molar-refractivity contribution in [1.29, 1.82) is 0 Å². The zero-order valence-electron chi connectivity index (χ0n) is 12.3. The molecule has 1 unspecified atom stereocenters.